The molecule has 1 saturated heterocycles. The van der Waals surface area contributed by atoms with E-state index in [1.807, 2.05) is 35.2 Å². The zero-order valence-electron chi connectivity index (χ0n) is 18.3. The molecule has 1 aliphatic rings. The van der Waals surface area contributed by atoms with Crippen LogP contribution in [0.3, 0.4) is 0 Å². The van der Waals surface area contributed by atoms with Crippen molar-refractivity contribution in [3.63, 3.8) is 0 Å². The molecule has 1 aromatic carbocycles. The van der Waals surface area contributed by atoms with Crippen LogP contribution in [0.25, 0.3) is 10.9 Å². The summed E-state index contributed by atoms with van der Waals surface area (Å²) in [7, 11) is 2.74. The molecule has 32 heavy (non-hydrogen) atoms. The van der Waals surface area contributed by atoms with Crippen molar-refractivity contribution >= 4 is 28.4 Å². The summed E-state index contributed by atoms with van der Waals surface area (Å²) in [6, 6.07) is 8.93. The fraction of sp³-hybridized carbons (Fsp3) is 0.364. The first-order valence-electron chi connectivity index (χ1n) is 10.4. The second kappa shape index (κ2) is 8.12. The Labute approximate surface area is 183 Å². The predicted molar refractivity (Wildman–Crippen MR) is 121 cm³/mol. The number of rotatable bonds is 4. The summed E-state index contributed by atoms with van der Waals surface area (Å²) in [6.45, 7) is 3.57. The molecule has 0 radical (unpaired) electrons. The second-order valence-electron chi connectivity index (χ2n) is 8.10. The van der Waals surface area contributed by atoms with Crippen molar-refractivity contribution in [2.45, 2.75) is 13.0 Å². The molecule has 1 aliphatic heterocycles. The summed E-state index contributed by atoms with van der Waals surface area (Å²) in [6.07, 6.45) is 0. The quantitative estimate of drug-likeness (QED) is 0.560. The van der Waals surface area contributed by atoms with Gasteiger partial charge in [-0.15, -0.1) is 0 Å². The third-order valence-corrected chi connectivity index (χ3v) is 6.25. The SMILES string of the molecule is CC(C(=O)c1c(N)n(C)c(=O)n(C)c1=O)N1CCN(C(=O)c2cc3ccccc3[nH]2)CC1. The minimum Gasteiger partial charge on any atom is -0.384 e. The number of ketones is 1. The Morgan fingerprint density at radius 1 is 1.03 bits per heavy atom. The largest absolute Gasteiger partial charge is 0.384 e. The molecule has 1 amide bonds. The number of para-hydroxylation sites is 1. The maximum Gasteiger partial charge on any atom is 0.332 e. The lowest BCUT2D eigenvalue weighted by molar-refractivity contribution is 0.0547. The Hall–Kier alpha value is -3.66. The molecule has 0 aliphatic carbocycles. The standard InChI is InChI=1S/C22H26N6O4/c1-13(18(29)17-19(23)25(2)22(32)26(3)21(17)31)27-8-10-28(11-9-27)20(30)16-12-14-6-4-5-7-15(14)24-16/h4-7,12-13,24H,8-11,23H2,1-3H3. The number of aromatic nitrogens is 3. The Kier molecular flexibility index (Phi) is 5.47. The third kappa shape index (κ3) is 3.52. The van der Waals surface area contributed by atoms with E-state index in [9.17, 15) is 19.2 Å². The van der Waals surface area contributed by atoms with Crippen molar-refractivity contribution in [2.24, 2.45) is 14.1 Å². The van der Waals surface area contributed by atoms with E-state index in [-0.39, 0.29) is 17.3 Å². The van der Waals surface area contributed by atoms with Gasteiger partial charge in [0.1, 0.15) is 17.1 Å². The number of nitrogens with zero attached hydrogens (tertiary/aromatic N) is 4. The molecule has 1 atom stereocenters. The molecule has 10 nitrogen and oxygen atoms in total. The van der Waals surface area contributed by atoms with Crippen LogP contribution in [0, 0.1) is 0 Å². The lowest BCUT2D eigenvalue weighted by atomic mass is 10.0. The summed E-state index contributed by atoms with van der Waals surface area (Å²) >= 11 is 0. The molecule has 1 fully saturated rings. The molecule has 4 rings (SSSR count). The van der Waals surface area contributed by atoms with Crippen molar-refractivity contribution in [3.8, 4) is 0 Å². The maximum absolute atomic E-state index is 13.1. The molecule has 3 N–H and O–H groups in total. The number of nitrogens with two attached hydrogens (primary N) is 1. The van der Waals surface area contributed by atoms with Crippen LogP contribution in [-0.4, -0.2) is 67.8 Å². The Morgan fingerprint density at radius 2 is 1.69 bits per heavy atom. The van der Waals surface area contributed by atoms with Crippen molar-refractivity contribution in [1.29, 1.82) is 0 Å². The summed E-state index contributed by atoms with van der Waals surface area (Å²) in [4.78, 5) is 57.4. The molecule has 1 unspecified atom stereocenters. The number of piperazine rings is 1. The Morgan fingerprint density at radius 3 is 2.34 bits per heavy atom. The van der Waals surface area contributed by atoms with Crippen LogP contribution >= 0.6 is 0 Å². The first-order valence-corrected chi connectivity index (χ1v) is 10.4. The van der Waals surface area contributed by atoms with E-state index in [1.165, 1.54) is 14.1 Å². The molecule has 3 heterocycles. The highest BCUT2D eigenvalue weighted by Gasteiger charge is 2.32. The first kappa shape index (κ1) is 21.6. The van der Waals surface area contributed by atoms with Gasteiger partial charge in [-0.25, -0.2) is 4.79 Å². The van der Waals surface area contributed by atoms with Gasteiger partial charge in [-0.2, -0.15) is 0 Å². The molecule has 168 valence electrons. The average molecular weight is 438 g/mol. The molecule has 0 saturated carbocycles. The zero-order valence-corrected chi connectivity index (χ0v) is 18.3. The number of Topliss-reactive ketones (excluding diaryl/α,β-unsaturated/α-hetero) is 1. The van der Waals surface area contributed by atoms with Gasteiger partial charge in [0.25, 0.3) is 11.5 Å². The van der Waals surface area contributed by atoms with Gasteiger partial charge in [0.15, 0.2) is 5.78 Å². The van der Waals surface area contributed by atoms with E-state index in [1.54, 1.807) is 11.8 Å². The van der Waals surface area contributed by atoms with Crippen LogP contribution in [-0.2, 0) is 14.1 Å². The predicted octanol–water partition coefficient (Wildman–Crippen LogP) is 0.177. The van der Waals surface area contributed by atoms with E-state index in [4.69, 9.17) is 5.73 Å². The summed E-state index contributed by atoms with van der Waals surface area (Å²) in [5.41, 5.74) is 5.91. The minimum atomic E-state index is -0.699. The zero-order chi connectivity index (χ0) is 23.2. The molecule has 10 heteroatoms. The Bertz CT molecular complexity index is 1290. The number of anilines is 1. The van der Waals surface area contributed by atoms with Crippen LogP contribution in [0.15, 0.2) is 39.9 Å². The number of nitrogens with one attached hydrogen (secondary N) is 1. The normalized spacial score (nSPS) is 15.8. The van der Waals surface area contributed by atoms with Crippen molar-refractivity contribution < 1.29 is 9.59 Å². The van der Waals surface area contributed by atoms with Gasteiger partial charge in [-0.05, 0) is 19.1 Å². The number of amides is 1. The number of aromatic amines is 1. The van der Waals surface area contributed by atoms with Gasteiger partial charge < -0.3 is 15.6 Å². The monoisotopic (exact) mass is 438 g/mol. The number of nitrogen functional groups attached to an aromatic ring is 1. The van der Waals surface area contributed by atoms with Gasteiger partial charge in [0.2, 0.25) is 0 Å². The first-order chi connectivity index (χ1) is 15.2. The Balaban J connectivity index is 1.47. The maximum atomic E-state index is 13.1. The summed E-state index contributed by atoms with van der Waals surface area (Å²) < 4.78 is 1.98. The lowest BCUT2D eigenvalue weighted by Crippen LogP contribution is -2.54. The van der Waals surface area contributed by atoms with Crippen LogP contribution < -0.4 is 17.0 Å². The minimum absolute atomic E-state index is 0.0870. The molecule has 3 aromatic rings. The average Bonchev–Trinajstić information content (AvgIpc) is 3.25. The van der Waals surface area contributed by atoms with Gasteiger partial charge >= 0.3 is 5.69 Å². The van der Waals surface area contributed by atoms with Crippen molar-refractivity contribution in [3.05, 3.63) is 62.4 Å². The smallest absolute Gasteiger partial charge is 0.332 e. The molecule has 2 aromatic heterocycles. The number of hydrogen-bond donors (Lipinski definition) is 2. The highest BCUT2D eigenvalue weighted by atomic mass is 16.2. The lowest BCUT2D eigenvalue weighted by Gasteiger charge is -2.37. The van der Waals surface area contributed by atoms with Crippen LogP contribution in [0.4, 0.5) is 5.82 Å². The van der Waals surface area contributed by atoms with Crippen molar-refractivity contribution in [1.82, 2.24) is 23.9 Å². The number of fused-ring (bicyclic) bond motifs is 1. The second-order valence-corrected chi connectivity index (χ2v) is 8.10. The molecular formula is C22H26N6O4. The third-order valence-electron chi connectivity index (χ3n) is 6.25. The number of H-pyrrole nitrogens is 1. The summed E-state index contributed by atoms with van der Waals surface area (Å²) in [5.74, 6) is -0.660. The van der Waals surface area contributed by atoms with Gasteiger partial charge in [-0.1, -0.05) is 18.2 Å². The topological polar surface area (TPSA) is 126 Å². The number of carbonyl (C=O) groups is 2. The van der Waals surface area contributed by atoms with Gasteiger partial charge in [0.05, 0.1) is 6.04 Å². The van der Waals surface area contributed by atoms with Gasteiger partial charge in [-0.3, -0.25) is 28.4 Å². The highest BCUT2D eigenvalue weighted by molar-refractivity contribution is 6.03. The number of benzene rings is 1. The van der Waals surface area contributed by atoms with Gasteiger partial charge in [0, 0.05) is 51.2 Å². The van der Waals surface area contributed by atoms with E-state index >= 15 is 0 Å². The fourth-order valence-corrected chi connectivity index (χ4v) is 4.14. The molecular weight excluding hydrogens is 412 g/mol. The van der Waals surface area contributed by atoms with Crippen LogP contribution in [0.5, 0.6) is 0 Å². The highest BCUT2D eigenvalue weighted by Crippen LogP contribution is 2.18. The number of carbonyl (C=O) groups excluding carboxylic acids is 2. The molecule has 0 bridgehead atoms. The van der Waals surface area contributed by atoms with Crippen LogP contribution in [0.2, 0.25) is 0 Å². The van der Waals surface area contributed by atoms with E-state index in [2.05, 4.69) is 4.98 Å². The number of hydrogen-bond acceptors (Lipinski definition) is 6. The molecule has 0 spiro atoms. The fourth-order valence-electron chi connectivity index (χ4n) is 4.14. The van der Waals surface area contributed by atoms with E-state index < -0.39 is 23.1 Å². The van der Waals surface area contributed by atoms with E-state index in [0.29, 0.717) is 31.9 Å². The summed E-state index contributed by atoms with van der Waals surface area (Å²) in [5, 5.41) is 0.977. The van der Waals surface area contributed by atoms with Crippen molar-refractivity contribution in [2.75, 3.05) is 31.9 Å². The van der Waals surface area contributed by atoms with E-state index in [0.717, 1.165) is 20.0 Å². The van der Waals surface area contributed by atoms with Crippen LogP contribution in [0.1, 0.15) is 27.8 Å².